The van der Waals surface area contributed by atoms with Crippen LogP contribution in [-0.2, 0) is 6.42 Å². The van der Waals surface area contributed by atoms with Crippen molar-refractivity contribution in [3.05, 3.63) is 65.7 Å². The number of nitrogens with zero attached hydrogens (tertiary/aromatic N) is 1. The molecule has 0 spiro atoms. The molecule has 0 saturated heterocycles. The van der Waals surface area contributed by atoms with E-state index in [2.05, 4.69) is 4.98 Å². The Bertz CT molecular complexity index is 525. The Labute approximate surface area is 105 Å². The normalized spacial score (nSPS) is 10.3. The van der Waals surface area contributed by atoms with E-state index in [0.717, 1.165) is 19.0 Å². The first-order valence-corrected chi connectivity index (χ1v) is 5.94. The molecule has 1 heterocycles. The molecule has 18 heavy (non-hydrogen) atoms. The summed E-state index contributed by atoms with van der Waals surface area (Å²) in [5, 5.41) is 0. The van der Waals surface area contributed by atoms with Gasteiger partial charge < -0.3 is 0 Å². The van der Waals surface area contributed by atoms with Gasteiger partial charge in [-0.3, -0.25) is 9.78 Å². The fraction of sp³-hybridized carbons (Fsp3) is 0.200. The Morgan fingerprint density at radius 1 is 1.17 bits per heavy atom. The van der Waals surface area contributed by atoms with Crippen molar-refractivity contribution in [1.29, 1.82) is 0 Å². The van der Waals surface area contributed by atoms with Crippen LogP contribution in [0, 0.1) is 5.82 Å². The molecular weight excluding hydrogens is 229 g/mol. The molecule has 2 rings (SSSR count). The number of halogens is 1. The minimum Gasteiger partial charge on any atom is -0.294 e. The minimum atomic E-state index is -0.540. The van der Waals surface area contributed by atoms with Crippen LogP contribution in [-0.4, -0.2) is 10.8 Å². The summed E-state index contributed by atoms with van der Waals surface area (Å²) in [5.41, 5.74) is 1.33. The van der Waals surface area contributed by atoms with E-state index in [4.69, 9.17) is 0 Å². The smallest absolute Gasteiger partial charge is 0.165 e. The zero-order valence-corrected chi connectivity index (χ0v) is 9.97. The zero-order chi connectivity index (χ0) is 12.8. The summed E-state index contributed by atoms with van der Waals surface area (Å²) >= 11 is 0. The van der Waals surface area contributed by atoms with E-state index < -0.39 is 5.82 Å². The molecule has 3 heteroatoms. The standard InChI is InChI=1S/C15H14FNO/c16-14-11-17-10-9-13(14)15(18)8-4-7-12-5-2-1-3-6-12/h1-3,5-6,9-11H,4,7-8H2. The molecule has 0 N–H and O–H groups in total. The lowest BCUT2D eigenvalue weighted by atomic mass is 10.0. The lowest BCUT2D eigenvalue weighted by molar-refractivity contribution is 0.0976. The molecule has 0 aliphatic carbocycles. The Hall–Kier alpha value is -2.03. The predicted molar refractivity (Wildman–Crippen MR) is 67.9 cm³/mol. The first-order chi connectivity index (χ1) is 8.77. The maximum Gasteiger partial charge on any atom is 0.165 e. The van der Waals surface area contributed by atoms with E-state index in [1.165, 1.54) is 17.8 Å². The van der Waals surface area contributed by atoms with Gasteiger partial charge in [-0.2, -0.15) is 0 Å². The van der Waals surface area contributed by atoms with Crippen LogP contribution in [0.5, 0.6) is 0 Å². The molecule has 0 saturated carbocycles. The molecule has 2 aromatic rings. The van der Waals surface area contributed by atoms with Gasteiger partial charge in [0.25, 0.3) is 0 Å². The van der Waals surface area contributed by atoms with Gasteiger partial charge in [-0.1, -0.05) is 30.3 Å². The van der Waals surface area contributed by atoms with Crippen LogP contribution in [0.4, 0.5) is 4.39 Å². The number of ketones is 1. The first kappa shape index (κ1) is 12.4. The molecule has 0 amide bonds. The largest absolute Gasteiger partial charge is 0.294 e. The van der Waals surface area contributed by atoms with Crippen molar-refractivity contribution in [3.63, 3.8) is 0 Å². The summed E-state index contributed by atoms with van der Waals surface area (Å²) in [6.45, 7) is 0. The third kappa shape index (κ3) is 3.23. The first-order valence-electron chi connectivity index (χ1n) is 5.94. The predicted octanol–water partition coefficient (Wildman–Crippen LogP) is 3.43. The number of rotatable bonds is 5. The third-order valence-electron chi connectivity index (χ3n) is 2.78. The van der Waals surface area contributed by atoms with Crippen molar-refractivity contribution in [2.75, 3.05) is 0 Å². The Balaban J connectivity index is 1.88. The maximum absolute atomic E-state index is 13.3. The number of carbonyl (C=O) groups is 1. The van der Waals surface area contributed by atoms with Crippen molar-refractivity contribution in [2.45, 2.75) is 19.3 Å². The summed E-state index contributed by atoms with van der Waals surface area (Å²) in [7, 11) is 0. The maximum atomic E-state index is 13.3. The number of aromatic nitrogens is 1. The van der Waals surface area contributed by atoms with Crippen molar-refractivity contribution in [2.24, 2.45) is 0 Å². The summed E-state index contributed by atoms with van der Waals surface area (Å²) in [4.78, 5) is 15.4. The van der Waals surface area contributed by atoms with Gasteiger partial charge in [0, 0.05) is 12.6 Å². The van der Waals surface area contributed by atoms with Crippen molar-refractivity contribution in [3.8, 4) is 0 Å². The molecule has 0 radical (unpaired) electrons. The lowest BCUT2D eigenvalue weighted by Crippen LogP contribution is -2.03. The van der Waals surface area contributed by atoms with Crippen molar-refractivity contribution >= 4 is 5.78 Å². The van der Waals surface area contributed by atoms with Gasteiger partial charge in [0.05, 0.1) is 11.8 Å². The van der Waals surface area contributed by atoms with Gasteiger partial charge in [-0.25, -0.2) is 4.39 Å². The summed E-state index contributed by atoms with van der Waals surface area (Å²) in [6, 6.07) is 11.4. The second-order valence-electron chi connectivity index (χ2n) is 4.12. The van der Waals surface area contributed by atoms with Gasteiger partial charge in [0.2, 0.25) is 0 Å². The molecule has 0 atom stereocenters. The molecule has 1 aromatic heterocycles. The molecule has 0 unspecified atom stereocenters. The number of carbonyl (C=O) groups excluding carboxylic acids is 1. The molecule has 0 fully saturated rings. The number of aryl methyl sites for hydroxylation is 1. The van der Waals surface area contributed by atoms with E-state index in [1.807, 2.05) is 30.3 Å². The highest BCUT2D eigenvalue weighted by molar-refractivity contribution is 5.96. The van der Waals surface area contributed by atoms with Gasteiger partial charge in [0.15, 0.2) is 11.6 Å². The quantitative estimate of drug-likeness (QED) is 0.753. The van der Waals surface area contributed by atoms with Crippen LogP contribution >= 0.6 is 0 Å². The number of hydrogen-bond donors (Lipinski definition) is 0. The van der Waals surface area contributed by atoms with Crippen LogP contribution in [0.15, 0.2) is 48.8 Å². The second kappa shape index (κ2) is 6.05. The fourth-order valence-corrected chi connectivity index (χ4v) is 1.83. The van der Waals surface area contributed by atoms with Crippen LogP contribution < -0.4 is 0 Å². The summed E-state index contributed by atoms with van der Waals surface area (Å²) in [6.07, 6.45) is 4.43. The Morgan fingerprint density at radius 2 is 1.94 bits per heavy atom. The number of Topliss-reactive ketones (excluding diaryl/α,β-unsaturated/α-hetero) is 1. The average molecular weight is 243 g/mol. The monoisotopic (exact) mass is 243 g/mol. The highest BCUT2D eigenvalue weighted by atomic mass is 19.1. The van der Waals surface area contributed by atoms with Gasteiger partial charge in [0.1, 0.15) is 0 Å². The second-order valence-corrected chi connectivity index (χ2v) is 4.12. The summed E-state index contributed by atoms with van der Waals surface area (Å²) < 4.78 is 13.3. The highest BCUT2D eigenvalue weighted by Crippen LogP contribution is 2.11. The van der Waals surface area contributed by atoms with Crippen LogP contribution in [0.3, 0.4) is 0 Å². The van der Waals surface area contributed by atoms with E-state index in [-0.39, 0.29) is 11.3 Å². The molecule has 2 nitrogen and oxygen atoms in total. The number of pyridine rings is 1. The Kier molecular flexibility index (Phi) is 4.18. The van der Waals surface area contributed by atoms with Crippen LogP contribution in [0.2, 0.25) is 0 Å². The molecule has 1 aromatic carbocycles. The van der Waals surface area contributed by atoms with Crippen molar-refractivity contribution < 1.29 is 9.18 Å². The van der Waals surface area contributed by atoms with Crippen molar-refractivity contribution in [1.82, 2.24) is 4.98 Å². The van der Waals surface area contributed by atoms with Gasteiger partial charge in [-0.05, 0) is 24.5 Å². The third-order valence-corrected chi connectivity index (χ3v) is 2.78. The van der Waals surface area contributed by atoms with E-state index in [1.54, 1.807) is 0 Å². The van der Waals surface area contributed by atoms with Crippen LogP contribution in [0.1, 0.15) is 28.8 Å². The molecule has 0 bridgehead atoms. The summed E-state index contributed by atoms with van der Waals surface area (Å²) in [5.74, 6) is -0.701. The van der Waals surface area contributed by atoms with Gasteiger partial charge >= 0.3 is 0 Å². The molecule has 92 valence electrons. The Morgan fingerprint density at radius 3 is 2.67 bits per heavy atom. The fourth-order valence-electron chi connectivity index (χ4n) is 1.83. The molecular formula is C15H14FNO. The van der Waals surface area contributed by atoms with E-state index in [9.17, 15) is 9.18 Å². The zero-order valence-electron chi connectivity index (χ0n) is 9.97. The van der Waals surface area contributed by atoms with Gasteiger partial charge in [-0.15, -0.1) is 0 Å². The number of hydrogen-bond acceptors (Lipinski definition) is 2. The topological polar surface area (TPSA) is 30.0 Å². The SMILES string of the molecule is O=C(CCCc1ccccc1)c1ccncc1F. The average Bonchev–Trinajstić information content (AvgIpc) is 2.40. The van der Waals surface area contributed by atoms with Crippen LogP contribution in [0.25, 0.3) is 0 Å². The molecule has 0 aliphatic rings. The van der Waals surface area contributed by atoms with E-state index in [0.29, 0.717) is 6.42 Å². The van der Waals surface area contributed by atoms with E-state index >= 15 is 0 Å². The lowest BCUT2D eigenvalue weighted by Gasteiger charge is -2.02. The number of benzene rings is 1. The molecule has 0 aliphatic heterocycles. The minimum absolute atomic E-state index is 0.137. The highest BCUT2D eigenvalue weighted by Gasteiger charge is 2.10.